The largest absolute Gasteiger partial charge is 2.00 e. The van der Waals surface area contributed by atoms with Crippen LogP contribution in [-0.4, -0.2) is 54.2 Å². The van der Waals surface area contributed by atoms with Gasteiger partial charge in [-0.15, -0.1) is 0 Å². The average Bonchev–Trinajstić information content (AvgIpc) is 2.62. The zero-order chi connectivity index (χ0) is 19.9. The van der Waals surface area contributed by atoms with E-state index in [-0.39, 0.29) is 71.8 Å². The van der Waals surface area contributed by atoms with Gasteiger partial charge in [0.25, 0.3) is 0 Å². The first kappa shape index (κ1) is 22.1. The molecule has 0 atom stereocenters. The fourth-order valence-electron chi connectivity index (χ4n) is 3.32. The van der Waals surface area contributed by atoms with Crippen molar-refractivity contribution in [2.45, 2.75) is 33.2 Å². The van der Waals surface area contributed by atoms with Gasteiger partial charge in [-0.25, -0.2) is 0 Å². The van der Waals surface area contributed by atoms with Crippen LogP contribution in [0.15, 0.2) is 32.2 Å². The average molecular weight is 409 g/mol. The molecule has 0 saturated heterocycles. The van der Waals surface area contributed by atoms with Gasteiger partial charge in [0.05, 0.1) is 22.6 Å². The number of nitrogens with zero attached hydrogens (tertiary/aromatic N) is 1. The van der Waals surface area contributed by atoms with Crippen LogP contribution in [0.4, 0.5) is 0 Å². The number of carboxylic acid groups (broad SMARTS) is 2. The van der Waals surface area contributed by atoms with Gasteiger partial charge in [0.15, 0.2) is 16.6 Å². The van der Waals surface area contributed by atoms with Crippen molar-refractivity contribution in [3.05, 3.63) is 55.7 Å². The van der Waals surface area contributed by atoms with Gasteiger partial charge >= 0.3 is 37.7 Å². The maximum atomic E-state index is 12.5. The molecule has 3 rings (SSSR count). The molecule has 140 valence electrons. The van der Waals surface area contributed by atoms with Crippen LogP contribution in [0.5, 0.6) is 0 Å². The van der Waals surface area contributed by atoms with E-state index in [2.05, 4.69) is 0 Å². The summed E-state index contributed by atoms with van der Waals surface area (Å²) in [4.78, 5) is 47.5. The summed E-state index contributed by atoms with van der Waals surface area (Å²) in [5.41, 5.74) is -0.805. The van der Waals surface area contributed by atoms with Crippen LogP contribution in [0.25, 0.3) is 21.9 Å². The summed E-state index contributed by atoms with van der Waals surface area (Å²) in [5.74, 6) is -3.79. The van der Waals surface area contributed by atoms with E-state index in [9.17, 15) is 29.4 Å². The van der Waals surface area contributed by atoms with Crippen molar-refractivity contribution < 1.29 is 24.2 Å². The molecule has 9 heteroatoms. The van der Waals surface area contributed by atoms with Crippen LogP contribution in [0.3, 0.4) is 0 Å². The van der Waals surface area contributed by atoms with Gasteiger partial charge in [0, 0.05) is 29.6 Å². The van der Waals surface area contributed by atoms with Gasteiger partial charge in [0.2, 0.25) is 0 Å². The van der Waals surface area contributed by atoms with E-state index in [1.54, 1.807) is 6.92 Å². The summed E-state index contributed by atoms with van der Waals surface area (Å²) in [5, 5.41) is 22.9. The van der Waals surface area contributed by atoms with Gasteiger partial charge in [-0.3, -0.25) is 9.59 Å². The Hall–Kier alpha value is -2.16. The van der Waals surface area contributed by atoms with Gasteiger partial charge < -0.3 is 28.8 Å². The van der Waals surface area contributed by atoms with Crippen molar-refractivity contribution in [2.24, 2.45) is 0 Å². The molecule has 0 aliphatic heterocycles. The van der Waals surface area contributed by atoms with E-state index >= 15 is 0 Å². The molecule has 8 nitrogen and oxygen atoms in total. The molecule has 0 spiro atoms. The van der Waals surface area contributed by atoms with E-state index in [4.69, 9.17) is 4.42 Å². The van der Waals surface area contributed by atoms with Gasteiger partial charge in [-0.05, 0) is 19.4 Å². The predicted molar refractivity (Wildman–Crippen MR) is 98.3 cm³/mol. The fraction of sp³-hybridized carbons (Fsp3) is 0.263. The molecular formula is C19H15CaNO7. The fourth-order valence-corrected chi connectivity index (χ4v) is 3.32. The van der Waals surface area contributed by atoms with E-state index in [0.29, 0.717) is 18.4 Å². The number of hydrogen-bond donors (Lipinski definition) is 0. The monoisotopic (exact) mass is 409 g/mol. The molecule has 3 aromatic rings. The van der Waals surface area contributed by atoms with E-state index in [1.807, 2.05) is 6.92 Å². The standard InChI is InChI=1S/C19H17NO7.Ca/c1-3-5-9-16-10(13(21)7-12(18(23)24)20(16)4-2)6-11-14(22)8-15(19(25)26)27-17(9)11;/h6-8H,3-5H2,1-2H3,(H,23,24)(H,25,26);/q;+2/p-2. The summed E-state index contributed by atoms with van der Waals surface area (Å²) >= 11 is 0. The molecule has 0 unspecified atom stereocenters. The first-order valence-corrected chi connectivity index (χ1v) is 8.40. The molecule has 0 saturated carbocycles. The minimum absolute atomic E-state index is 0. The van der Waals surface area contributed by atoms with Crippen molar-refractivity contribution in [1.29, 1.82) is 0 Å². The number of aromatic nitrogens is 1. The molecule has 1 aromatic carbocycles. The number of aryl methyl sites for hydroxylation is 2. The molecule has 2 heterocycles. The Morgan fingerprint density at radius 2 is 1.64 bits per heavy atom. The minimum atomic E-state index is -1.65. The number of fused-ring (bicyclic) bond motifs is 2. The first-order valence-electron chi connectivity index (χ1n) is 8.40. The zero-order valence-electron chi connectivity index (χ0n) is 15.4. The van der Waals surface area contributed by atoms with Gasteiger partial charge in [0.1, 0.15) is 11.6 Å². The molecular weight excluding hydrogens is 394 g/mol. The van der Waals surface area contributed by atoms with Crippen molar-refractivity contribution in [1.82, 2.24) is 4.57 Å². The van der Waals surface area contributed by atoms with Crippen LogP contribution in [0, 0.1) is 0 Å². The first-order chi connectivity index (χ1) is 12.8. The van der Waals surface area contributed by atoms with Crippen LogP contribution in [0.2, 0.25) is 0 Å². The Labute approximate surface area is 188 Å². The number of rotatable bonds is 5. The van der Waals surface area contributed by atoms with Crippen molar-refractivity contribution >= 4 is 71.5 Å². The van der Waals surface area contributed by atoms with Crippen molar-refractivity contribution in [3.63, 3.8) is 0 Å². The SMILES string of the molecule is CCCc1c2oc(C(=O)[O-])cc(=O)c2cc2c(=O)cc(C(=O)[O-])n(CC)c12.[Ca+2]. The number of hydrogen-bond acceptors (Lipinski definition) is 7. The smallest absolute Gasteiger partial charge is 0.543 e. The minimum Gasteiger partial charge on any atom is -0.543 e. The Morgan fingerprint density at radius 1 is 1.00 bits per heavy atom. The summed E-state index contributed by atoms with van der Waals surface area (Å²) < 4.78 is 6.79. The van der Waals surface area contributed by atoms with Crippen molar-refractivity contribution in [3.8, 4) is 0 Å². The van der Waals surface area contributed by atoms with Crippen LogP contribution < -0.4 is 21.1 Å². The molecule has 0 N–H and O–H groups in total. The molecule has 0 bridgehead atoms. The van der Waals surface area contributed by atoms with E-state index < -0.39 is 28.6 Å². The maximum absolute atomic E-state index is 12.5. The molecule has 2 aromatic heterocycles. The molecule has 0 aliphatic carbocycles. The second-order valence-corrected chi connectivity index (χ2v) is 6.07. The number of aromatic carboxylic acids is 2. The molecule has 0 amide bonds. The van der Waals surface area contributed by atoms with E-state index in [1.165, 1.54) is 10.6 Å². The topological polar surface area (TPSA) is 132 Å². The number of benzene rings is 1. The van der Waals surface area contributed by atoms with Gasteiger partial charge in [-0.1, -0.05) is 13.3 Å². The Bertz CT molecular complexity index is 1220. The Kier molecular flexibility index (Phi) is 6.69. The molecule has 0 fully saturated rings. The number of carboxylic acids is 2. The summed E-state index contributed by atoms with van der Waals surface area (Å²) in [6.45, 7) is 3.76. The summed E-state index contributed by atoms with van der Waals surface area (Å²) in [6.07, 6.45) is 0.921. The van der Waals surface area contributed by atoms with Crippen LogP contribution in [-0.2, 0) is 13.0 Å². The molecule has 0 radical (unpaired) electrons. The van der Waals surface area contributed by atoms with Crippen LogP contribution in [0.1, 0.15) is 46.9 Å². The predicted octanol–water partition coefficient (Wildman–Crippen LogP) is -0.573. The van der Waals surface area contributed by atoms with Crippen LogP contribution >= 0.6 is 0 Å². The third-order valence-corrected chi connectivity index (χ3v) is 4.41. The Morgan fingerprint density at radius 3 is 2.18 bits per heavy atom. The second-order valence-electron chi connectivity index (χ2n) is 6.07. The quantitative estimate of drug-likeness (QED) is 0.407. The van der Waals surface area contributed by atoms with Gasteiger partial charge in [-0.2, -0.15) is 0 Å². The second kappa shape index (κ2) is 8.46. The molecule has 28 heavy (non-hydrogen) atoms. The Balaban J connectivity index is 0.00000280. The molecule has 0 aliphatic rings. The third kappa shape index (κ3) is 3.59. The maximum Gasteiger partial charge on any atom is 2.00 e. The van der Waals surface area contributed by atoms with Crippen molar-refractivity contribution in [2.75, 3.05) is 0 Å². The summed E-state index contributed by atoms with van der Waals surface area (Å²) in [7, 11) is 0. The summed E-state index contributed by atoms with van der Waals surface area (Å²) in [6, 6.07) is 3.06. The van der Waals surface area contributed by atoms with E-state index in [0.717, 1.165) is 12.1 Å². The zero-order valence-corrected chi connectivity index (χ0v) is 17.6. The number of carbonyl (C=O) groups excluding carboxylic acids is 2. The third-order valence-electron chi connectivity index (χ3n) is 4.41. The number of pyridine rings is 1. The normalized spacial score (nSPS) is 10.8. The number of carbonyl (C=O) groups is 2.